The molecule has 1 aromatic rings. The van der Waals surface area contributed by atoms with Crippen LogP contribution >= 0.6 is 15.9 Å². The molecule has 130 valence electrons. The molecule has 0 radical (unpaired) electrons. The van der Waals surface area contributed by atoms with Gasteiger partial charge in [-0.3, -0.25) is 9.59 Å². The van der Waals surface area contributed by atoms with Crippen LogP contribution in [-0.4, -0.2) is 11.8 Å². The summed E-state index contributed by atoms with van der Waals surface area (Å²) in [4.78, 5) is 28.3. The molecule has 6 atom stereocenters. The monoisotopic (exact) mass is 399 g/mol. The molecule has 1 saturated heterocycles. The lowest BCUT2D eigenvalue weighted by molar-refractivity contribution is -0.124. The lowest BCUT2D eigenvalue weighted by Gasteiger charge is -2.37. The highest BCUT2D eigenvalue weighted by atomic mass is 79.9. The minimum absolute atomic E-state index is 0.0476. The maximum absolute atomic E-state index is 13.4. The zero-order chi connectivity index (χ0) is 17.5. The fourth-order valence-corrected chi connectivity index (χ4v) is 6.27. The van der Waals surface area contributed by atoms with Crippen molar-refractivity contribution in [1.82, 2.24) is 0 Å². The van der Waals surface area contributed by atoms with E-state index in [-0.39, 0.29) is 35.5 Å². The fourth-order valence-electron chi connectivity index (χ4n) is 5.72. The van der Waals surface area contributed by atoms with Gasteiger partial charge in [0, 0.05) is 4.47 Å². The number of imide groups is 1. The van der Waals surface area contributed by atoms with Gasteiger partial charge in [-0.2, -0.15) is 0 Å². The number of allylic oxidation sites excluding steroid dienone is 2. The summed E-state index contributed by atoms with van der Waals surface area (Å²) in [6.45, 7) is 4.17. The van der Waals surface area contributed by atoms with Crippen molar-refractivity contribution in [2.45, 2.75) is 33.1 Å². The van der Waals surface area contributed by atoms with Gasteiger partial charge in [-0.25, -0.2) is 4.90 Å². The van der Waals surface area contributed by atoms with Crippen LogP contribution in [0.3, 0.4) is 0 Å². The van der Waals surface area contributed by atoms with Crippen LogP contribution in [0.2, 0.25) is 0 Å². The van der Waals surface area contributed by atoms with Crippen LogP contribution in [0.25, 0.3) is 0 Å². The number of halogens is 1. The smallest absolute Gasteiger partial charge is 0.238 e. The van der Waals surface area contributed by atoms with Crippen molar-refractivity contribution >= 4 is 33.4 Å². The van der Waals surface area contributed by atoms with Crippen molar-refractivity contribution in [2.24, 2.45) is 35.5 Å². The van der Waals surface area contributed by atoms with Crippen LogP contribution in [0.1, 0.15) is 31.4 Å². The molecular weight excluding hydrogens is 378 g/mol. The molecular formula is C21H22BrNO2. The molecule has 2 saturated carbocycles. The lowest BCUT2D eigenvalue weighted by Crippen LogP contribution is -2.40. The summed E-state index contributed by atoms with van der Waals surface area (Å²) in [6, 6.07) is 4.11. The molecule has 3 nitrogen and oxygen atoms in total. The topological polar surface area (TPSA) is 37.4 Å². The Bertz CT molecular complexity index is 768. The van der Waals surface area contributed by atoms with E-state index in [4.69, 9.17) is 0 Å². The summed E-state index contributed by atoms with van der Waals surface area (Å²) >= 11 is 3.57. The predicted molar refractivity (Wildman–Crippen MR) is 100 cm³/mol. The van der Waals surface area contributed by atoms with E-state index in [1.165, 1.54) is 6.42 Å². The van der Waals surface area contributed by atoms with Gasteiger partial charge in [0.1, 0.15) is 0 Å². The predicted octanol–water partition coefficient (Wildman–Crippen LogP) is 4.13. The third-order valence-corrected chi connectivity index (χ3v) is 7.34. The zero-order valence-electron chi connectivity index (χ0n) is 14.5. The highest BCUT2D eigenvalue weighted by molar-refractivity contribution is 9.10. The first-order valence-corrected chi connectivity index (χ1v) is 10.2. The lowest BCUT2D eigenvalue weighted by atomic mass is 9.63. The Morgan fingerprint density at radius 2 is 1.44 bits per heavy atom. The number of amides is 2. The SMILES string of the molecule is CCc1cc(Br)cc(CC)c1N1C(=O)[C@@H]2[C@H]3C=C[C@@H]([C@@H]4C[C@H]34)[C@@H]2C1=O. The number of rotatable bonds is 3. The van der Waals surface area contributed by atoms with Gasteiger partial charge in [-0.1, -0.05) is 41.9 Å². The molecule has 5 aliphatic rings. The Morgan fingerprint density at radius 1 is 0.960 bits per heavy atom. The average Bonchev–Trinajstić information content (AvgIpc) is 3.39. The number of benzene rings is 1. The van der Waals surface area contributed by atoms with E-state index in [1.807, 2.05) is 0 Å². The summed E-state index contributed by atoms with van der Waals surface area (Å²) in [5.74, 6) is 1.72. The van der Waals surface area contributed by atoms with Gasteiger partial charge in [0.15, 0.2) is 0 Å². The number of carbonyl (C=O) groups is 2. The van der Waals surface area contributed by atoms with Crippen molar-refractivity contribution in [3.63, 3.8) is 0 Å². The van der Waals surface area contributed by atoms with E-state index in [2.05, 4.69) is 54.1 Å². The molecule has 0 spiro atoms. The summed E-state index contributed by atoms with van der Waals surface area (Å²) in [5, 5.41) is 0. The van der Waals surface area contributed by atoms with E-state index in [0.717, 1.165) is 34.1 Å². The highest BCUT2D eigenvalue weighted by Gasteiger charge is 2.67. The molecule has 4 aliphatic carbocycles. The maximum Gasteiger partial charge on any atom is 0.238 e. The van der Waals surface area contributed by atoms with Gasteiger partial charge in [-0.05, 0) is 66.2 Å². The van der Waals surface area contributed by atoms with Gasteiger partial charge in [0.25, 0.3) is 0 Å². The molecule has 4 heteroatoms. The number of hydrogen-bond acceptors (Lipinski definition) is 2. The molecule has 0 unspecified atom stereocenters. The van der Waals surface area contributed by atoms with Crippen molar-refractivity contribution in [3.8, 4) is 0 Å². The summed E-state index contributed by atoms with van der Waals surface area (Å²) in [5.41, 5.74) is 3.03. The van der Waals surface area contributed by atoms with Crippen molar-refractivity contribution in [3.05, 3.63) is 39.9 Å². The molecule has 3 fully saturated rings. The molecule has 0 N–H and O–H groups in total. The number of nitrogens with zero attached hydrogens (tertiary/aromatic N) is 1. The van der Waals surface area contributed by atoms with Crippen molar-refractivity contribution < 1.29 is 9.59 Å². The van der Waals surface area contributed by atoms with Crippen molar-refractivity contribution in [2.75, 3.05) is 4.90 Å². The van der Waals surface area contributed by atoms with Crippen LogP contribution in [0, 0.1) is 35.5 Å². The first-order valence-electron chi connectivity index (χ1n) is 9.44. The fraction of sp³-hybridized carbons (Fsp3) is 0.524. The second kappa shape index (κ2) is 5.29. The molecule has 1 heterocycles. The molecule has 1 aromatic carbocycles. The van der Waals surface area contributed by atoms with E-state index < -0.39 is 0 Å². The van der Waals surface area contributed by atoms with Gasteiger partial charge >= 0.3 is 0 Å². The van der Waals surface area contributed by atoms with E-state index >= 15 is 0 Å². The third kappa shape index (κ3) is 1.98. The van der Waals surface area contributed by atoms with Crippen LogP contribution in [-0.2, 0) is 22.4 Å². The van der Waals surface area contributed by atoms with Crippen LogP contribution < -0.4 is 4.90 Å². The first-order chi connectivity index (χ1) is 12.1. The quantitative estimate of drug-likeness (QED) is 0.565. The van der Waals surface area contributed by atoms with Crippen LogP contribution in [0.4, 0.5) is 5.69 Å². The van der Waals surface area contributed by atoms with Crippen LogP contribution in [0.15, 0.2) is 28.8 Å². The number of aryl methyl sites for hydroxylation is 2. The normalized spacial score (nSPS) is 37.5. The highest BCUT2D eigenvalue weighted by Crippen LogP contribution is 2.65. The Kier molecular flexibility index (Phi) is 3.35. The third-order valence-electron chi connectivity index (χ3n) is 6.88. The molecule has 25 heavy (non-hydrogen) atoms. The van der Waals surface area contributed by atoms with E-state index in [9.17, 15) is 9.59 Å². The van der Waals surface area contributed by atoms with Crippen LogP contribution in [0.5, 0.6) is 0 Å². The minimum atomic E-state index is -0.121. The second-order valence-corrected chi connectivity index (χ2v) is 8.86. The van der Waals surface area contributed by atoms with Gasteiger partial charge in [0.2, 0.25) is 11.8 Å². The van der Waals surface area contributed by atoms with Gasteiger partial charge in [0.05, 0.1) is 17.5 Å². The van der Waals surface area contributed by atoms with E-state index in [0.29, 0.717) is 11.8 Å². The minimum Gasteiger partial charge on any atom is -0.274 e. The zero-order valence-corrected chi connectivity index (χ0v) is 16.1. The van der Waals surface area contributed by atoms with Gasteiger partial charge in [-0.15, -0.1) is 0 Å². The Hall–Kier alpha value is -1.42. The number of anilines is 1. The summed E-state index contributed by atoms with van der Waals surface area (Å²) < 4.78 is 1.02. The molecule has 2 bridgehead atoms. The Balaban J connectivity index is 1.63. The second-order valence-electron chi connectivity index (χ2n) is 7.95. The molecule has 2 amide bonds. The average molecular weight is 400 g/mol. The van der Waals surface area contributed by atoms with E-state index in [1.54, 1.807) is 4.90 Å². The molecule has 1 aliphatic heterocycles. The number of carbonyl (C=O) groups excluding carboxylic acids is 2. The van der Waals surface area contributed by atoms with Crippen molar-refractivity contribution in [1.29, 1.82) is 0 Å². The Morgan fingerprint density at radius 3 is 1.88 bits per heavy atom. The standard InChI is InChI=1S/C21H22BrNO2/c1-3-10-7-12(22)8-11(4-2)19(10)23-20(24)17-13-5-6-14(16-9-15(13)16)18(17)21(23)25/h5-8,13-18H,3-4,9H2,1-2H3/t13-,14-,15-,16+,17-,18+/m0/s1. The molecule has 6 rings (SSSR count). The Labute approximate surface area is 156 Å². The maximum atomic E-state index is 13.4. The largest absolute Gasteiger partial charge is 0.274 e. The van der Waals surface area contributed by atoms with Gasteiger partial charge < -0.3 is 0 Å². The summed E-state index contributed by atoms with van der Waals surface area (Å²) in [6.07, 6.45) is 7.29. The molecule has 0 aromatic heterocycles. The first kappa shape index (κ1) is 15.8. The summed E-state index contributed by atoms with van der Waals surface area (Å²) in [7, 11) is 0. The number of hydrogen-bond donors (Lipinski definition) is 0.